The summed E-state index contributed by atoms with van der Waals surface area (Å²) < 4.78 is 67.6. The average Bonchev–Trinajstić information content (AvgIpc) is 2.92. The molecule has 3 aromatic carbocycles. The zero-order valence-electron chi connectivity index (χ0n) is 21.6. The lowest BCUT2D eigenvalue weighted by Gasteiger charge is -2.42. The van der Waals surface area contributed by atoms with Crippen molar-refractivity contribution >= 4 is 26.1 Å². The first-order valence-electron chi connectivity index (χ1n) is 12.2. The molecule has 1 saturated heterocycles. The molecule has 1 fully saturated rings. The summed E-state index contributed by atoms with van der Waals surface area (Å²) in [6.45, 7) is 2.73. The van der Waals surface area contributed by atoms with Gasteiger partial charge in [0.1, 0.15) is 24.4 Å². The lowest BCUT2D eigenvalue weighted by atomic mass is 9.97. The van der Waals surface area contributed by atoms with E-state index in [4.69, 9.17) is 13.1 Å². The Morgan fingerprint density at radius 3 is 1.90 bits per heavy atom. The first kappa shape index (κ1) is 29.8. The van der Waals surface area contributed by atoms with Crippen LogP contribution in [0.3, 0.4) is 0 Å². The second-order valence-corrected chi connectivity index (χ2v) is 12.5. The molecule has 0 radical (unpaired) electrons. The van der Waals surface area contributed by atoms with Crippen molar-refractivity contribution in [3.05, 3.63) is 95.6 Å². The van der Waals surface area contributed by atoms with Crippen molar-refractivity contribution in [3.63, 3.8) is 0 Å². The van der Waals surface area contributed by atoms with E-state index in [1.807, 2.05) is 0 Å². The van der Waals surface area contributed by atoms with Gasteiger partial charge in [-0.25, -0.2) is 0 Å². The smallest absolute Gasteiger partial charge is 0.297 e. The maximum absolute atomic E-state index is 13.1. The van der Waals surface area contributed by atoms with Crippen LogP contribution in [0.1, 0.15) is 21.5 Å². The van der Waals surface area contributed by atoms with Crippen LogP contribution in [0.15, 0.2) is 88.7 Å². The van der Waals surface area contributed by atoms with E-state index in [1.54, 1.807) is 56.3 Å². The largest absolute Gasteiger partial charge is 0.388 e. The van der Waals surface area contributed by atoms with Crippen LogP contribution >= 0.6 is 0 Å². The molecule has 214 valence electrons. The molecule has 40 heavy (non-hydrogen) atoms. The number of rotatable bonds is 9. The highest BCUT2D eigenvalue weighted by molar-refractivity contribution is 7.87. The summed E-state index contributed by atoms with van der Waals surface area (Å²) in [5.41, 5.74) is 1.82. The van der Waals surface area contributed by atoms with Crippen LogP contribution in [0.4, 0.5) is 0 Å². The van der Waals surface area contributed by atoms with Gasteiger partial charge in [0.25, 0.3) is 26.1 Å². The Hall–Kier alpha value is -3.17. The molecule has 1 amide bonds. The first-order valence-corrected chi connectivity index (χ1v) is 15.0. The van der Waals surface area contributed by atoms with Gasteiger partial charge in [0.15, 0.2) is 6.29 Å². The van der Waals surface area contributed by atoms with Gasteiger partial charge in [-0.1, -0.05) is 53.6 Å². The number of aliphatic hydroxyl groups excluding tert-OH is 2. The molecule has 0 bridgehead atoms. The number of hydrogen-bond acceptors (Lipinski definition) is 10. The minimum Gasteiger partial charge on any atom is -0.388 e. The van der Waals surface area contributed by atoms with Gasteiger partial charge in [-0.3, -0.25) is 13.2 Å². The first-order chi connectivity index (χ1) is 18.9. The number of carbonyl (C=O) groups is 1. The molecule has 11 nitrogen and oxygen atoms in total. The number of aliphatic hydroxyl groups is 2. The molecular formula is C27H29NO10S2. The Balaban J connectivity index is 1.60. The van der Waals surface area contributed by atoms with Crippen molar-refractivity contribution in [1.29, 1.82) is 0 Å². The fraction of sp³-hybridized carbons (Fsp3) is 0.296. The number of amides is 1. The number of hydrogen-bond donors (Lipinski definition) is 3. The molecule has 1 aliphatic heterocycles. The van der Waals surface area contributed by atoms with Crippen LogP contribution in [-0.4, -0.2) is 70.2 Å². The third-order valence-electron chi connectivity index (χ3n) is 6.27. The zero-order chi connectivity index (χ0) is 29.1. The molecule has 3 aromatic rings. The van der Waals surface area contributed by atoms with Crippen LogP contribution in [0.25, 0.3) is 0 Å². The van der Waals surface area contributed by atoms with E-state index < -0.39 is 63.4 Å². The molecule has 0 spiro atoms. The predicted molar refractivity (Wildman–Crippen MR) is 142 cm³/mol. The zero-order valence-corrected chi connectivity index (χ0v) is 23.2. The molecule has 1 heterocycles. The Morgan fingerprint density at radius 1 is 0.825 bits per heavy atom. The van der Waals surface area contributed by atoms with Crippen molar-refractivity contribution in [2.24, 2.45) is 0 Å². The number of carbonyl (C=O) groups excluding carboxylic acids is 1. The minimum absolute atomic E-state index is 0.159. The number of nitrogens with one attached hydrogen (secondary N) is 1. The van der Waals surface area contributed by atoms with Crippen LogP contribution in [0, 0.1) is 13.8 Å². The summed E-state index contributed by atoms with van der Waals surface area (Å²) >= 11 is 0. The molecule has 4 rings (SSSR count). The van der Waals surface area contributed by atoms with E-state index in [0.29, 0.717) is 0 Å². The molecular weight excluding hydrogens is 562 g/mol. The SMILES string of the molecule is Cc1ccc(S(=O)(=O)OC[C@H]2O[C@@H](O)[C@H](NC(=O)c3ccccc3)[C@@H](O)[C@@H]2OS(=O)(=O)c2ccc(C)cc2)cc1. The average molecular weight is 592 g/mol. The van der Waals surface area contributed by atoms with Crippen molar-refractivity contribution in [2.45, 2.75) is 54.3 Å². The number of aryl methyl sites for hydroxylation is 2. The van der Waals surface area contributed by atoms with E-state index >= 15 is 0 Å². The quantitative estimate of drug-likeness (QED) is 0.312. The molecule has 5 atom stereocenters. The Morgan fingerprint density at radius 2 is 1.35 bits per heavy atom. The second kappa shape index (κ2) is 12.1. The summed E-state index contributed by atoms with van der Waals surface area (Å²) in [7, 11) is -8.84. The summed E-state index contributed by atoms with van der Waals surface area (Å²) in [6.07, 6.45) is -7.06. The molecule has 13 heteroatoms. The lowest BCUT2D eigenvalue weighted by molar-refractivity contribution is -0.244. The van der Waals surface area contributed by atoms with Crippen molar-refractivity contribution in [3.8, 4) is 0 Å². The second-order valence-electron chi connectivity index (χ2n) is 9.30. The highest BCUT2D eigenvalue weighted by Gasteiger charge is 2.48. The van der Waals surface area contributed by atoms with Gasteiger partial charge in [0.2, 0.25) is 0 Å². The van der Waals surface area contributed by atoms with Crippen molar-refractivity contribution in [1.82, 2.24) is 5.32 Å². The van der Waals surface area contributed by atoms with Gasteiger partial charge in [0, 0.05) is 5.56 Å². The van der Waals surface area contributed by atoms with Crippen LogP contribution in [0.2, 0.25) is 0 Å². The third-order valence-corrected chi connectivity index (χ3v) is 8.89. The third kappa shape index (κ3) is 6.93. The van der Waals surface area contributed by atoms with Gasteiger partial charge < -0.3 is 20.3 Å². The van der Waals surface area contributed by atoms with E-state index in [2.05, 4.69) is 5.32 Å². The number of ether oxygens (including phenoxy) is 1. The maximum Gasteiger partial charge on any atom is 0.297 e. The summed E-state index contributed by atoms with van der Waals surface area (Å²) in [5.74, 6) is -0.677. The fourth-order valence-corrected chi connectivity index (χ4v) is 6.03. The van der Waals surface area contributed by atoms with Gasteiger partial charge in [-0.2, -0.15) is 16.8 Å². The lowest BCUT2D eigenvalue weighted by Crippen LogP contribution is -2.65. The normalized spacial score (nSPS) is 23.4. The Kier molecular flexibility index (Phi) is 9.05. The predicted octanol–water partition coefficient (Wildman–Crippen LogP) is 1.66. The molecule has 3 N–H and O–H groups in total. The summed E-state index contributed by atoms with van der Waals surface area (Å²) in [4.78, 5) is 12.3. The van der Waals surface area contributed by atoms with Gasteiger partial charge in [-0.05, 0) is 50.2 Å². The van der Waals surface area contributed by atoms with E-state index in [1.165, 1.54) is 36.4 Å². The van der Waals surface area contributed by atoms with Crippen LogP contribution in [-0.2, 0) is 33.3 Å². The molecule has 0 saturated carbocycles. The van der Waals surface area contributed by atoms with E-state index in [9.17, 15) is 31.8 Å². The molecule has 0 aromatic heterocycles. The van der Waals surface area contributed by atoms with Gasteiger partial charge >= 0.3 is 0 Å². The Labute approximate surface area is 232 Å². The van der Waals surface area contributed by atoms with Crippen molar-refractivity contribution in [2.75, 3.05) is 6.61 Å². The molecule has 0 aliphatic carbocycles. The van der Waals surface area contributed by atoms with E-state index in [0.717, 1.165) is 11.1 Å². The van der Waals surface area contributed by atoms with Gasteiger partial charge in [-0.15, -0.1) is 0 Å². The monoisotopic (exact) mass is 591 g/mol. The topological polar surface area (TPSA) is 166 Å². The standard InChI is InChI=1S/C27H29NO10S2/c1-17-8-12-20(13-9-17)39(32,33)36-16-22-25(38-40(34,35)21-14-10-18(2)11-15-21)24(29)23(27(31)37-22)28-26(30)19-6-4-3-5-7-19/h3-15,22-25,27,29,31H,16H2,1-2H3,(H,28,30)/t22-,23-,24-,25-,27-/m1/s1. The summed E-state index contributed by atoms with van der Waals surface area (Å²) in [6, 6.07) is 17.9. The molecule has 1 aliphatic rings. The maximum atomic E-state index is 13.1. The Bertz CT molecular complexity index is 1530. The van der Waals surface area contributed by atoms with Crippen molar-refractivity contribution < 1.29 is 44.9 Å². The highest BCUT2D eigenvalue weighted by atomic mass is 32.2. The van der Waals surface area contributed by atoms with Gasteiger partial charge in [0.05, 0.1) is 16.4 Å². The van der Waals surface area contributed by atoms with E-state index in [-0.39, 0.29) is 15.4 Å². The fourth-order valence-electron chi connectivity index (χ4n) is 4.00. The van der Waals surface area contributed by atoms with Crippen LogP contribution < -0.4 is 5.32 Å². The van der Waals surface area contributed by atoms with Crippen LogP contribution in [0.5, 0.6) is 0 Å². The number of benzene rings is 3. The minimum atomic E-state index is -4.51. The summed E-state index contributed by atoms with van der Waals surface area (Å²) in [5, 5.41) is 24.2. The highest BCUT2D eigenvalue weighted by Crippen LogP contribution is 2.28. The molecule has 0 unspecified atom stereocenters.